The van der Waals surface area contributed by atoms with Crippen LogP contribution in [0.5, 0.6) is 0 Å². The van der Waals surface area contributed by atoms with Crippen LogP contribution < -0.4 is 0 Å². The number of hydrogen-bond acceptors (Lipinski definition) is 9. The van der Waals surface area contributed by atoms with Gasteiger partial charge in [0, 0.05) is 6.61 Å². The lowest BCUT2D eigenvalue weighted by Gasteiger charge is -2.31. The van der Waals surface area contributed by atoms with Gasteiger partial charge in [-0.05, 0) is 19.3 Å². The van der Waals surface area contributed by atoms with Crippen molar-refractivity contribution >= 4 is 0 Å². The third-order valence-electron chi connectivity index (χ3n) is 3.88. The van der Waals surface area contributed by atoms with Crippen molar-refractivity contribution in [1.82, 2.24) is 0 Å². The second kappa shape index (κ2) is 13.7. The summed E-state index contributed by atoms with van der Waals surface area (Å²) in [5, 5.41) is 17.6. The van der Waals surface area contributed by atoms with Crippen molar-refractivity contribution in [1.29, 1.82) is 0 Å². The fourth-order valence-corrected chi connectivity index (χ4v) is 2.37. The third-order valence-corrected chi connectivity index (χ3v) is 3.88. The van der Waals surface area contributed by atoms with Gasteiger partial charge in [0.25, 0.3) is 0 Å². The van der Waals surface area contributed by atoms with Crippen LogP contribution in [0.4, 0.5) is 43.9 Å². The molecule has 36 heavy (non-hydrogen) atoms. The molecule has 2 atom stereocenters. The molecule has 0 radical (unpaired) electrons. The molecule has 216 valence electrons. The fraction of sp³-hybridized carbons (Fsp3) is 1.00. The molecular formula is C17H24F10O9. The number of halogens is 10. The molecule has 1 fully saturated rings. The zero-order valence-electron chi connectivity index (χ0n) is 18.3. The van der Waals surface area contributed by atoms with Crippen LogP contribution in [0.1, 0.15) is 19.3 Å². The zero-order chi connectivity index (χ0) is 27.7. The van der Waals surface area contributed by atoms with Gasteiger partial charge in [-0.2, -0.15) is 35.1 Å². The number of aliphatic hydroxyl groups excluding tert-OH is 2. The van der Waals surface area contributed by atoms with Crippen LogP contribution in [-0.2, 0) is 33.2 Å². The number of aliphatic hydroxyl groups is 2. The smallest absolute Gasteiger partial charge is 0.388 e. The summed E-state index contributed by atoms with van der Waals surface area (Å²) < 4.78 is 158. The van der Waals surface area contributed by atoms with Crippen molar-refractivity contribution in [3.05, 3.63) is 0 Å². The van der Waals surface area contributed by atoms with Crippen LogP contribution >= 0.6 is 0 Å². The monoisotopic (exact) mass is 562 g/mol. The van der Waals surface area contributed by atoms with E-state index >= 15 is 0 Å². The SMILES string of the molecule is OCC(F)(F)OC(F)(F)C(F)(F)OC(F)(F)OC(F)(F)COCC(O)COCCOC1CCCCO1. The molecule has 0 amide bonds. The second-order valence-electron chi connectivity index (χ2n) is 7.15. The summed E-state index contributed by atoms with van der Waals surface area (Å²) in [6, 6.07) is 0. The Morgan fingerprint density at radius 2 is 1.39 bits per heavy atom. The normalized spacial score (nSPS) is 19.5. The maximum Gasteiger partial charge on any atom is 0.495 e. The molecule has 0 aromatic heterocycles. The number of ether oxygens (including phenoxy) is 7. The lowest BCUT2D eigenvalue weighted by atomic mass is 10.2. The molecule has 2 unspecified atom stereocenters. The lowest BCUT2D eigenvalue weighted by Crippen LogP contribution is -2.53. The summed E-state index contributed by atoms with van der Waals surface area (Å²) in [6.45, 7) is -5.50. The van der Waals surface area contributed by atoms with E-state index in [9.17, 15) is 49.0 Å². The first kappa shape index (κ1) is 33.0. The van der Waals surface area contributed by atoms with Gasteiger partial charge in [-0.25, -0.2) is 14.2 Å². The first-order valence-corrected chi connectivity index (χ1v) is 10.1. The molecule has 1 rings (SSSR count). The van der Waals surface area contributed by atoms with E-state index in [-0.39, 0.29) is 13.2 Å². The van der Waals surface area contributed by atoms with Gasteiger partial charge >= 0.3 is 30.7 Å². The molecule has 0 aliphatic carbocycles. The largest absolute Gasteiger partial charge is 0.495 e. The summed E-state index contributed by atoms with van der Waals surface area (Å²) in [5.41, 5.74) is 0. The molecule has 19 heteroatoms. The molecule has 0 aromatic rings. The average Bonchev–Trinajstić information content (AvgIpc) is 2.71. The van der Waals surface area contributed by atoms with Crippen LogP contribution in [0, 0.1) is 0 Å². The molecule has 1 aliphatic rings. The Bertz CT molecular complexity index is 636. The molecule has 9 nitrogen and oxygen atoms in total. The van der Waals surface area contributed by atoms with Crippen LogP contribution in [-0.4, -0.2) is 99.6 Å². The van der Waals surface area contributed by atoms with E-state index in [2.05, 4.69) is 18.9 Å². The maximum absolute atomic E-state index is 13.4. The topological polar surface area (TPSA) is 105 Å². The van der Waals surface area contributed by atoms with Crippen molar-refractivity contribution in [3.8, 4) is 0 Å². The van der Waals surface area contributed by atoms with Gasteiger partial charge < -0.3 is 29.2 Å². The second-order valence-corrected chi connectivity index (χ2v) is 7.15. The summed E-state index contributed by atoms with van der Waals surface area (Å²) >= 11 is 0. The highest BCUT2D eigenvalue weighted by molar-refractivity contribution is 4.70. The van der Waals surface area contributed by atoms with E-state index < -0.39 is 69.6 Å². The molecule has 2 N–H and O–H groups in total. The van der Waals surface area contributed by atoms with E-state index in [0.29, 0.717) is 13.0 Å². The van der Waals surface area contributed by atoms with Gasteiger partial charge in [-0.15, -0.1) is 8.78 Å². The number of alkyl halides is 10. The fourth-order valence-electron chi connectivity index (χ4n) is 2.37. The maximum atomic E-state index is 13.4. The first-order valence-electron chi connectivity index (χ1n) is 10.1. The van der Waals surface area contributed by atoms with E-state index in [1.165, 1.54) is 0 Å². The molecule has 1 heterocycles. The Labute approximate surface area is 197 Å². The average molecular weight is 562 g/mol. The van der Waals surface area contributed by atoms with Gasteiger partial charge in [0.15, 0.2) is 6.29 Å². The highest BCUT2D eigenvalue weighted by atomic mass is 19.3. The Balaban J connectivity index is 2.38. The highest BCUT2D eigenvalue weighted by Crippen LogP contribution is 2.44. The van der Waals surface area contributed by atoms with Crippen molar-refractivity contribution in [2.24, 2.45) is 0 Å². The van der Waals surface area contributed by atoms with Gasteiger partial charge in [0.05, 0.1) is 26.4 Å². The quantitative estimate of drug-likeness (QED) is 0.148. The van der Waals surface area contributed by atoms with Gasteiger partial charge in [0.1, 0.15) is 19.3 Å². The van der Waals surface area contributed by atoms with E-state index in [1.807, 2.05) is 0 Å². The number of hydrogen-bond donors (Lipinski definition) is 2. The van der Waals surface area contributed by atoms with Crippen molar-refractivity contribution < 1.29 is 87.3 Å². The molecule has 0 aromatic carbocycles. The number of rotatable bonds is 18. The lowest BCUT2D eigenvalue weighted by molar-refractivity contribution is -0.566. The minimum absolute atomic E-state index is 0.0352. The Morgan fingerprint density at radius 1 is 0.778 bits per heavy atom. The highest BCUT2D eigenvalue weighted by Gasteiger charge is 2.68. The van der Waals surface area contributed by atoms with Gasteiger partial charge in [0.2, 0.25) is 0 Å². The first-order chi connectivity index (χ1) is 16.4. The van der Waals surface area contributed by atoms with Crippen molar-refractivity contribution in [2.75, 3.05) is 46.2 Å². The molecular weight excluding hydrogens is 538 g/mol. The van der Waals surface area contributed by atoms with Crippen molar-refractivity contribution in [3.63, 3.8) is 0 Å². The predicted molar refractivity (Wildman–Crippen MR) is 92.3 cm³/mol. The summed E-state index contributed by atoms with van der Waals surface area (Å²) in [7, 11) is 0. The van der Waals surface area contributed by atoms with Crippen LogP contribution in [0.15, 0.2) is 0 Å². The molecule has 0 spiro atoms. The molecule has 1 aliphatic heterocycles. The van der Waals surface area contributed by atoms with Gasteiger partial charge in [-0.1, -0.05) is 0 Å². The van der Waals surface area contributed by atoms with Crippen molar-refractivity contribution in [2.45, 2.75) is 62.4 Å². The molecule has 0 bridgehead atoms. The van der Waals surface area contributed by atoms with Crippen LogP contribution in [0.25, 0.3) is 0 Å². The summed E-state index contributed by atoms with van der Waals surface area (Å²) in [5.74, 6) is 0. The standard InChI is InChI=1S/C17H24F10O9/c18-13(19,9-28)34-15(22,23)16(24,25)36-17(26,27)35-14(20,21)10-31-8-11(29)7-30-5-6-33-12-3-1-2-4-32-12/h11-12,28-29H,1-10H2. The zero-order valence-corrected chi connectivity index (χ0v) is 18.3. The third kappa shape index (κ3) is 12.5. The minimum Gasteiger partial charge on any atom is -0.388 e. The molecule has 0 saturated carbocycles. The Morgan fingerprint density at radius 3 is 1.97 bits per heavy atom. The van der Waals surface area contributed by atoms with E-state index in [1.54, 1.807) is 0 Å². The Hall–Kier alpha value is -1.06. The van der Waals surface area contributed by atoms with E-state index in [0.717, 1.165) is 12.8 Å². The summed E-state index contributed by atoms with van der Waals surface area (Å²) in [6.07, 6.45) is -29.3. The van der Waals surface area contributed by atoms with E-state index in [4.69, 9.17) is 19.3 Å². The Kier molecular flexibility index (Phi) is 12.5. The van der Waals surface area contributed by atoms with Crippen LogP contribution in [0.3, 0.4) is 0 Å². The van der Waals surface area contributed by atoms with Gasteiger partial charge in [-0.3, -0.25) is 0 Å². The van der Waals surface area contributed by atoms with Crippen LogP contribution in [0.2, 0.25) is 0 Å². The predicted octanol–water partition coefficient (Wildman–Crippen LogP) is 2.89. The minimum atomic E-state index is -6.63. The molecule has 1 saturated heterocycles. The summed E-state index contributed by atoms with van der Waals surface area (Å²) in [4.78, 5) is 0.